The summed E-state index contributed by atoms with van der Waals surface area (Å²) in [5.41, 5.74) is 0. The van der Waals surface area contributed by atoms with Gasteiger partial charge in [0.15, 0.2) is 30.7 Å². The van der Waals surface area contributed by atoms with Crippen molar-refractivity contribution in [2.45, 2.75) is 141 Å². The van der Waals surface area contributed by atoms with Crippen LogP contribution in [0.4, 0.5) is 0 Å². The summed E-state index contributed by atoms with van der Waals surface area (Å²) in [6, 6.07) is 0. The number of aliphatic carboxylic acids is 4. The molecular weight excluding hydrogens is 1150 g/mol. The van der Waals surface area contributed by atoms with Gasteiger partial charge in [0.25, 0.3) is 0 Å². The van der Waals surface area contributed by atoms with Crippen LogP contribution in [0, 0.1) is 0 Å². The van der Waals surface area contributed by atoms with Crippen LogP contribution in [0.15, 0.2) is 0 Å². The number of rotatable bonds is 12. The number of aliphatic hydroxyl groups excluding tert-OH is 3. The SMILES string of the molecule is CC(=O)S.CC(=O)S.CC(=O)SC(C)C(=O)O.CC(=O)S[C@@H](C)C(=O)O.CC(S)C(=O)O.CO.COC(=O)[C@@H](C)O.COC(=O)[C@@H](C)SC(C)=O.COC(=O)[C@H](C)O.COC(=O)[C@H](C)SC(C)=O.C[C@H](S)C(=O)O. The van der Waals surface area contributed by atoms with Gasteiger partial charge in [0.1, 0.15) is 33.2 Å². The Kier molecular flexibility index (Phi) is 85.2. The van der Waals surface area contributed by atoms with Crippen LogP contribution in [-0.4, -0.2) is 193 Å². The number of aliphatic hydroxyl groups is 3. The molecule has 0 rings (SSSR count). The molecule has 0 amide bonds. The van der Waals surface area contributed by atoms with Crippen LogP contribution < -0.4 is 0 Å². The van der Waals surface area contributed by atoms with E-state index in [1.165, 1.54) is 112 Å². The van der Waals surface area contributed by atoms with Crippen molar-refractivity contribution >= 4 is 176 Å². The lowest BCUT2D eigenvalue weighted by molar-refractivity contribution is -0.149. The van der Waals surface area contributed by atoms with Gasteiger partial charge in [-0.3, -0.25) is 57.5 Å². The van der Waals surface area contributed by atoms with Crippen LogP contribution in [0.25, 0.3) is 0 Å². The van der Waals surface area contributed by atoms with Gasteiger partial charge >= 0.3 is 47.8 Å². The molecule has 0 aliphatic rings. The van der Waals surface area contributed by atoms with Gasteiger partial charge in [-0.15, -0.1) is 25.3 Å². The second-order valence-corrected chi connectivity index (χ2v) is 21.1. The molecule has 74 heavy (non-hydrogen) atoms. The Morgan fingerprint density at radius 1 is 0.351 bits per heavy atom. The summed E-state index contributed by atoms with van der Waals surface area (Å²) in [4.78, 5) is 141. The quantitative estimate of drug-likeness (QED) is 0.0756. The van der Waals surface area contributed by atoms with E-state index in [4.69, 9.17) is 35.7 Å². The highest BCUT2D eigenvalue weighted by atomic mass is 32.2. The number of carbonyl (C=O) groups excluding carboxylic acids is 10. The first-order chi connectivity index (χ1) is 33.3. The topological polar surface area (TPSA) is 418 Å². The molecule has 0 heterocycles. The maximum Gasteiger partial charge on any atom is 0.334 e. The summed E-state index contributed by atoms with van der Waals surface area (Å²) in [6.45, 7) is 20.3. The molecule has 7 N–H and O–H groups in total. The molecule has 8 atom stereocenters. The van der Waals surface area contributed by atoms with Crippen molar-refractivity contribution in [1.82, 2.24) is 0 Å². The number of ether oxygens (including phenoxy) is 4. The van der Waals surface area contributed by atoms with Gasteiger partial charge in [0.2, 0.25) is 0 Å². The number of carboxylic acid groups (broad SMARTS) is 4. The van der Waals surface area contributed by atoms with Crippen LogP contribution in [0.5, 0.6) is 0 Å². The van der Waals surface area contributed by atoms with E-state index in [2.05, 4.69) is 69.5 Å². The zero-order valence-corrected chi connectivity index (χ0v) is 51.4. The summed E-state index contributed by atoms with van der Waals surface area (Å²) in [7, 11) is 6.07. The van der Waals surface area contributed by atoms with E-state index in [-0.39, 0.29) is 53.1 Å². The fraction of sp³-hybridized carbons (Fsp3) is 0.659. The number of thioether (sulfide) groups is 4. The van der Waals surface area contributed by atoms with Crippen molar-refractivity contribution in [1.29, 1.82) is 0 Å². The first kappa shape index (κ1) is 96.2. The van der Waals surface area contributed by atoms with Gasteiger partial charge in [-0.05, 0) is 55.4 Å². The molecule has 0 saturated carbocycles. The third-order valence-electron chi connectivity index (χ3n) is 4.93. The van der Waals surface area contributed by atoms with Crippen LogP contribution in [0.1, 0.15) is 96.9 Å². The molecule has 0 bridgehead atoms. The summed E-state index contributed by atoms with van der Waals surface area (Å²) >= 11 is 17.4. The fourth-order valence-electron chi connectivity index (χ4n) is 1.87. The lowest BCUT2D eigenvalue weighted by Gasteiger charge is -2.04. The third kappa shape index (κ3) is 113. The number of esters is 4. The van der Waals surface area contributed by atoms with Crippen LogP contribution in [0.2, 0.25) is 0 Å². The van der Waals surface area contributed by atoms with Crippen LogP contribution >= 0.6 is 97.6 Å². The average molecular weight is 1230 g/mol. The first-order valence-electron chi connectivity index (χ1n) is 19.8. The highest BCUT2D eigenvalue weighted by molar-refractivity contribution is 8.15. The molecule has 438 valence electrons. The van der Waals surface area contributed by atoms with E-state index >= 15 is 0 Å². The van der Waals surface area contributed by atoms with Crippen molar-refractivity contribution in [3.63, 3.8) is 0 Å². The van der Waals surface area contributed by atoms with Crippen molar-refractivity contribution in [3.05, 3.63) is 0 Å². The van der Waals surface area contributed by atoms with Crippen molar-refractivity contribution in [3.8, 4) is 0 Å². The monoisotopic (exact) mass is 1220 g/mol. The number of hydrogen-bond donors (Lipinski definition) is 11. The number of carbonyl (C=O) groups is 14. The summed E-state index contributed by atoms with van der Waals surface area (Å²) in [5, 5.41) is 52.2. The number of hydrogen-bond acceptors (Lipinski definition) is 27. The maximum atomic E-state index is 10.7. The Labute approximate surface area is 471 Å². The molecule has 0 aromatic rings. The van der Waals surface area contributed by atoms with E-state index in [1.54, 1.807) is 13.8 Å². The number of carboxylic acids is 4. The Bertz CT molecular complexity index is 1500. The Hall–Kier alpha value is -3.54. The molecule has 0 aliphatic carbocycles. The van der Waals surface area contributed by atoms with Crippen molar-refractivity contribution < 1.29 is 122 Å². The van der Waals surface area contributed by atoms with Gasteiger partial charge in [-0.25, -0.2) is 9.59 Å². The molecule has 25 nitrogen and oxygen atoms in total. The molecule has 0 radical (unpaired) electrons. The van der Waals surface area contributed by atoms with Crippen LogP contribution in [-0.2, 0) is 86.1 Å². The van der Waals surface area contributed by atoms with E-state index in [0.29, 0.717) is 0 Å². The largest absolute Gasteiger partial charge is 0.480 e. The normalized spacial score (nSPS) is 11.9. The minimum absolute atomic E-state index is 0.0714. The standard InChI is InChI=1S/2C6H10O3S.2C5H8O3S.2C4H8O3.2C3H6O2S.2C2H4OS.CH4O/c2*1-4(6(8)9-3)10-5(2)7;2*1-3(5(7)8)9-4(2)6;2*1-3(5)4(6)7-2;2*1-2(6)3(4)5;2*1-2(3)4;1-2/h2*4H,1-3H3;2*3H,1-2H3,(H,7,8);2*3,5H,1-2H3;2*2,6H,1H3,(H,4,5);2*1H3,(H,3,4);2H,1H3/t2*4-;3-;;2*3-;2-;;;;/m100.100..../s1. The van der Waals surface area contributed by atoms with Gasteiger partial charge in [-0.1, -0.05) is 47.0 Å². The van der Waals surface area contributed by atoms with E-state index in [9.17, 15) is 67.1 Å². The fourth-order valence-corrected chi connectivity index (χ4v) is 4.44. The Morgan fingerprint density at radius 3 is 0.541 bits per heavy atom. The van der Waals surface area contributed by atoms with Crippen molar-refractivity contribution in [2.75, 3.05) is 35.5 Å². The van der Waals surface area contributed by atoms with E-state index in [0.717, 1.165) is 54.2 Å². The average Bonchev–Trinajstić information content (AvgIpc) is 3.25. The second-order valence-electron chi connectivity index (χ2n) is 12.2. The zero-order valence-electron chi connectivity index (χ0n) is 44.5. The third-order valence-corrected chi connectivity index (χ3v) is 8.90. The molecule has 33 heteroatoms. The smallest absolute Gasteiger partial charge is 0.334 e. The summed E-state index contributed by atoms with van der Waals surface area (Å²) in [6.07, 6.45) is -1.99. The zero-order chi connectivity index (χ0) is 62.4. The van der Waals surface area contributed by atoms with E-state index in [1.807, 2.05) is 0 Å². The van der Waals surface area contributed by atoms with Gasteiger partial charge in [-0.2, -0.15) is 25.3 Å². The van der Waals surface area contributed by atoms with E-state index < -0.39 is 69.0 Å². The lowest BCUT2D eigenvalue weighted by atomic mass is 10.4. The maximum absolute atomic E-state index is 10.7. The Balaban J connectivity index is -0.0000000667. The minimum atomic E-state index is -0.995. The highest BCUT2D eigenvalue weighted by Crippen LogP contribution is 2.13. The molecule has 0 fully saturated rings. The molecule has 0 aromatic heterocycles. The predicted molar refractivity (Wildman–Crippen MR) is 297 cm³/mol. The van der Waals surface area contributed by atoms with Gasteiger partial charge in [0.05, 0.1) is 38.9 Å². The molecule has 2 unspecified atom stereocenters. The number of thiol groups is 4. The van der Waals surface area contributed by atoms with Gasteiger partial charge in [0, 0.05) is 48.7 Å². The summed E-state index contributed by atoms with van der Waals surface area (Å²) < 4.78 is 17.0. The van der Waals surface area contributed by atoms with Gasteiger partial charge < -0.3 is 54.7 Å². The second kappa shape index (κ2) is 65.6. The highest BCUT2D eigenvalue weighted by Gasteiger charge is 2.16. The molecular formula is C41H76O25S8. The first-order valence-corrected chi connectivity index (χ1v) is 25.3. The summed E-state index contributed by atoms with van der Waals surface area (Å²) in [5.74, 6) is -5.57. The number of methoxy groups -OCH3 is 4. The van der Waals surface area contributed by atoms with Crippen LogP contribution in [0.3, 0.4) is 0 Å². The minimum Gasteiger partial charge on any atom is -0.480 e. The molecule has 0 aliphatic heterocycles. The lowest BCUT2D eigenvalue weighted by Crippen LogP contribution is -2.16. The molecule has 0 saturated heterocycles. The molecule has 0 aromatic carbocycles. The molecule has 0 spiro atoms. The Morgan fingerprint density at radius 2 is 0.486 bits per heavy atom. The predicted octanol–water partition coefficient (Wildman–Crippen LogP) is 3.53. The van der Waals surface area contributed by atoms with Crippen molar-refractivity contribution in [2.24, 2.45) is 0 Å².